The SMILES string of the molecule is COC/C(=C/C(=O)OC)OC. The first-order valence-corrected chi connectivity index (χ1v) is 3.06. The summed E-state index contributed by atoms with van der Waals surface area (Å²) in [5.41, 5.74) is 0. The predicted molar refractivity (Wildman–Crippen MR) is 39.0 cm³/mol. The van der Waals surface area contributed by atoms with Crippen molar-refractivity contribution in [2.24, 2.45) is 0 Å². The average Bonchev–Trinajstić information content (AvgIpc) is 2.03. The van der Waals surface area contributed by atoms with Gasteiger partial charge >= 0.3 is 5.97 Å². The molecule has 4 nitrogen and oxygen atoms in total. The molecule has 0 fully saturated rings. The quantitative estimate of drug-likeness (QED) is 0.338. The fraction of sp³-hybridized carbons (Fsp3) is 0.571. The molecule has 0 radical (unpaired) electrons. The van der Waals surface area contributed by atoms with Crippen LogP contribution in [0, 0.1) is 0 Å². The van der Waals surface area contributed by atoms with Gasteiger partial charge in [-0.1, -0.05) is 0 Å². The lowest BCUT2D eigenvalue weighted by molar-refractivity contribution is -0.135. The van der Waals surface area contributed by atoms with Crippen LogP contribution in [-0.2, 0) is 19.0 Å². The Hall–Kier alpha value is -1.03. The molecule has 0 bridgehead atoms. The Labute approximate surface area is 65.7 Å². The van der Waals surface area contributed by atoms with Crippen LogP contribution >= 0.6 is 0 Å². The van der Waals surface area contributed by atoms with E-state index in [0.29, 0.717) is 5.76 Å². The standard InChI is InChI=1S/C7H12O4/c1-9-5-6(10-2)4-7(8)11-3/h4H,5H2,1-3H3/b6-4-. The number of esters is 1. The molecule has 11 heavy (non-hydrogen) atoms. The number of hydrogen-bond donors (Lipinski definition) is 0. The van der Waals surface area contributed by atoms with Crippen LogP contribution in [0.5, 0.6) is 0 Å². The van der Waals surface area contributed by atoms with Crippen LogP contribution in [0.4, 0.5) is 0 Å². The van der Waals surface area contributed by atoms with Crippen LogP contribution in [0.3, 0.4) is 0 Å². The largest absolute Gasteiger partial charge is 0.498 e. The van der Waals surface area contributed by atoms with Crippen molar-refractivity contribution in [2.45, 2.75) is 0 Å². The Balaban J connectivity index is 3.99. The third kappa shape index (κ3) is 4.38. The number of hydrogen-bond acceptors (Lipinski definition) is 4. The maximum absolute atomic E-state index is 10.6. The van der Waals surface area contributed by atoms with Gasteiger partial charge in [0.1, 0.15) is 12.4 Å². The van der Waals surface area contributed by atoms with Crippen LogP contribution in [0.2, 0.25) is 0 Å². The molecule has 4 heteroatoms. The molecule has 0 amide bonds. The van der Waals surface area contributed by atoms with Crippen molar-refractivity contribution in [2.75, 3.05) is 27.9 Å². The molecule has 0 saturated heterocycles. The molecule has 0 rings (SSSR count). The Morgan fingerprint density at radius 1 is 1.27 bits per heavy atom. The second-order valence-corrected chi connectivity index (χ2v) is 1.77. The smallest absolute Gasteiger partial charge is 0.333 e. The summed E-state index contributed by atoms with van der Waals surface area (Å²) < 4.78 is 13.9. The van der Waals surface area contributed by atoms with Crippen molar-refractivity contribution in [3.05, 3.63) is 11.8 Å². The first-order valence-electron chi connectivity index (χ1n) is 3.06. The van der Waals surface area contributed by atoms with Crippen LogP contribution < -0.4 is 0 Å². The van der Waals surface area contributed by atoms with E-state index in [1.807, 2.05) is 0 Å². The predicted octanol–water partition coefficient (Wildman–Crippen LogP) is 0.336. The van der Waals surface area contributed by atoms with Gasteiger partial charge in [-0.2, -0.15) is 0 Å². The Bertz CT molecular complexity index is 151. The second kappa shape index (κ2) is 5.73. The van der Waals surface area contributed by atoms with Crippen molar-refractivity contribution < 1.29 is 19.0 Å². The summed E-state index contributed by atoms with van der Waals surface area (Å²) in [5.74, 6) is -0.00162. The van der Waals surface area contributed by atoms with E-state index in [0.717, 1.165) is 0 Å². The molecule has 0 heterocycles. The molecule has 0 aliphatic rings. The number of carbonyl (C=O) groups is 1. The van der Waals surface area contributed by atoms with Gasteiger partial charge in [0.05, 0.1) is 20.3 Å². The minimum absolute atomic E-state index is 0.269. The van der Waals surface area contributed by atoms with Gasteiger partial charge in [0, 0.05) is 7.11 Å². The molecule has 0 aromatic heterocycles. The van der Waals surface area contributed by atoms with E-state index in [1.54, 1.807) is 0 Å². The number of rotatable bonds is 4. The highest BCUT2D eigenvalue weighted by atomic mass is 16.5. The van der Waals surface area contributed by atoms with Crippen molar-refractivity contribution >= 4 is 5.97 Å². The summed E-state index contributed by atoms with van der Waals surface area (Å²) in [6.45, 7) is 0.269. The fourth-order valence-electron chi connectivity index (χ4n) is 0.492. The van der Waals surface area contributed by atoms with Crippen LogP contribution in [0.25, 0.3) is 0 Å². The maximum Gasteiger partial charge on any atom is 0.333 e. The molecule has 0 N–H and O–H groups in total. The minimum atomic E-state index is -0.445. The van der Waals surface area contributed by atoms with Crippen LogP contribution in [0.1, 0.15) is 0 Å². The summed E-state index contributed by atoms with van der Waals surface area (Å²) in [5, 5.41) is 0. The highest BCUT2D eigenvalue weighted by Gasteiger charge is 1.99. The van der Waals surface area contributed by atoms with E-state index in [-0.39, 0.29) is 6.61 Å². The minimum Gasteiger partial charge on any atom is -0.498 e. The lowest BCUT2D eigenvalue weighted by Gasteiger charge is -2.02. The summed E-state index contributed by atoms with van der Waals surface area (Å²) in [6.07, 6.45) is 1.24. The van der Waals surface area contributed by atoms with Gasteiger partial charge in [0.2, 0.25) is 0 Å². The zero-order valence-corrected chi connectivity index (χ0v) is 6.92. The van der Waals surface area contributed by atoms with Gasteiger partial charge in [0.25, 0.3) is 0 Å². The van der Waals surface area contributed by atoms with Crippen molar-refractivity contribution in [1.29, 1.82) is 0 Å². The molecule has 0 aromatic carbocycles. The van der Waals surface area contributed by atoms with Crippen molar-refractivity contribution in [3.8, 4) is 0 Å². The van der Waals surface area contributed by atoms with Gasteiger partial charge in [-0.3, -0.25) is 0 Å². The first kappa shape index (κ1) is 9.97. The topological polar surface area (TPSA) is 44.8 Å². The molecule has 0 saturated carbocycles. The lowest BCUT2D eigenvalue weighted by Crippen LogP contribution is -2.02. The van der Waals surface area contributed by atoms with Gasteiger partial charge in [-0.05, 0) is 0 Å². The molecule has 0 aliphatic carbocycles. The van der Waals surface area contributed by atoms with Gasteiger partial charge in [-0.25, -0.2) is 4.79 Å². The zero-order valence-electron chi connectivity index (χ0n) is 6.92. The normalized spacial score (nSPS) is 11.0. The monoisotopic (exact) mass is 160 g/mol. The molecular formula is C7H12O4. The average molecular weight is 160 g/mol. The molecule has 64 valence electrons. The molecule has 0 atom stereocenters. The summed E-state index contributed by atoms with van der Waals surface area (Å²) in [6, 6.07) is 0. The molecular weight excluding hydrogens is 148 g/mol. The summed E-state index contributed by atoms with van der Waals surface area (Å²) in [7, 11) is 4.29. The highest BCUT2D eigenvalue weighted by molar-refractivity contribution is 5.82. The van der Waals surface area contributed by atoms with E-state index in [1.165, 1.54) is 27.4 Å². The first-order chi connectivity index (χ1) is 5.24. The van der Waals surface area contributed by atoms with Gasteiger partial charge in [-0.15, -0.1) is 0 Å². The van der Waals surface area contributed by atoms with E-state index < -0.39 is 5.97 Å². The third-order valence-corrected chi connectivity index (χ3v) is 1.03. The second-order valence-electron chi connectivity index (χ2n) is 1.77. The number of ether oxygens (including phenoxy) is 3. The van der Waals surface area contributed by atoms with E-state index >= 15 is 0 Å². The lowest BCUT2D eigenvalue weighted by atomic mass is 10.4. The molecule has 0 unspecified atom stereocenters. The van der Waals surface area contributed by atoms with Crippen molar-refractivity contribution in [3.63, 3.8) is 0 Å². The number of methoxy groups -OCH3 is 3. The third-order valence-electron chi connectivity index (χ3n) is 1.03. The molecule has 0 aliphatic heterocycles. The van der Waals surface area contributed by atoms with Crippen LogP contribution in [-0.4, -0.2) is 33.9 Å². The molecule has 0 aromatic rings. The maximum atomic E-state index is 10.6. The van der Waals surface area contributed by atoms with E-state index in [4.69, 9.17) is 9.47 Å². The zero-order chi connectivity index (χ0) is 8.69. The molecule has 0 spiro atoms. The van der Waals surface area contributed by atoms with Gasteiger partial charge < -0.3 is 14.2 Å². The van der Waals surface area contributed by atoms with E-state index in [9.17, 15) is 4.79 Å². The van der Waals surface area contributed by atoms with E-state index in [2.05, 4.69) is 4.74 Å². The van der Waals surface area contributed by atoms with Crippen LogP contribution in [0.15, 0.2) is 11.8 Å². The Kier molecular flexibility index (Phi) is 5.20. The fourth-order valence-corrected chi connectivity index (χ4v) is 0.492. The Morgan fingerprint density at radius 3 is 2.27 bits per heavy atom. The summed E-state index contributed by atoms with van der Waals surface area (Å²) in [4.78, 5) is 10.6. The Morgan fingerprint density at radius 2 is 1.91 bits per heavy atom. The number of carbonyl (C=O) groups excluding carboxylic acids is 1. The summed E-state index contributed by atoms with van der Waals surface area (Å²) >= 11 is 0. The highest BCUT2D eigenvalue weighted by Crippen LogP contribution is 1.95. The van der Waals surface area contributed by atoms with Gasteiger partial charge in [0.15, 0.2) is 0 Å². The van der Waals surface area contributed by atoms with Crippen molar-refractivity contribution in [1.82, 2.24) is 0 Å².